The van der Waals surface area contributed by atoms with E-state index in [9.17, 15) is 9.59 Å². The van der Waals surface area contributed by atoms with E-state index < -0.39 is 6.04 Å². The molecule has 1 aliphatic heterocycles. The van der Waals surface area contributed by atoms with Gasteiger partial charge in [-0.3, -0.25) is 9.59 Å². The quantitative estimate of drug-likeness (QED) is 0.537. The third-order valence-electron chi connectivity index (χ3n) is 5.20. The lowest BCUT2D eigenvalue weighted by atomic mass is 10.0. The molecule has 1 N–H and O–H groups in total. The maximum absolute atomic E-state index is 13.6. The first-order valence-corrected chi connectivity index (χ1v) is 10.5. The number of furan rings is 1. The number of nitrogens with zero attached hydrogens (tertiary/aromatic N) is 3. The summed E-state index contributed by atoms with van der Waals surface area (Å²) in [6.07, 6.45) is 4.61. The van der Waals surface area contributed by atoms with Crippen molar-refractivity contribution in [1.29, 1.82) is 0 Å². The van der Waals surface area contributed by atoms with Crippen LogP contribution in [0.15, 0.2) is 64.7 Å². The number of amides is 2. The van der Waals surface area contributed by atoms with Crippen LogP contribution in [0, 0.1) is 0 Å². The van der Waals surface area contributed by atoms with Gasteiger partial charge in [0.15, 0.2) is 10.9 Å². The van der Waals surface area contributed by atoms with Gasteiger partial charge in [0, 0.05) is 23.5 Å². The van der Waals surface area contributed by atoms with E-state index in [1.54, 1.807) is 34.9 Å². The molecule has 1 aliphatic rings. The number of likely N-dealkylation sites (tertiary alicyclic amines) is 1. The molecule has 0 saturated carbocycles. The molecule has 4 heterocycles. The third-order valence-corrected chi connectivity index (χ3v) is 5.89. The highest BCUT2D eigenvalue weighted by Gasteiger charge is 2.35. The molecule has 4 aromatic rings. The van der Waals surface area contributed by atoms with E-state index >= 15 is 0 Å². The normalized spacial score (nSPS) is 16.1. The summed E-state index contributed by atoms with van der Waals surface area (Å²) in [5.74, 6) is 0.202. The van der Waals surface area contributed by atoms with Crippen LogP contribution in [0.5, 0.6) is 0 Å². The lowest BCUT2D eigenvalue weighted by Crippen LogP contribution is -2.43. The second-order valence-electron chi connectivity index (χ2n) is 7.03. The van der Waals surface area contributed by atoms with E-state index in [0.29, 0.717) is 40.6 Å². The Balaban J connectivity index is 1.51. The van der Waals surface area contributed by atoms with Gasteiger partial charge in [0.05, 0.1) is 17.3 Å². The van der Waals surface area contributed by atoms with Gasteiger partial charge >= 0.3 is 0 Å². The smallest absolute Gasteiger partial charge is 0.255 e. The van der Waals surface area contributed by atoms with E-state index in [-0.39, 0.29) is 11.8 Å². The molecule has 7 nitrogen and oxygen atoms in total. The number of aromatic nitrogens is 2. The first-order chi connectivity index (χ1) is 14.7. The fourth-order valence-corrected chi connectivity index (χ4v) is 4.35. The standard InChI is InChI=1S/C22H18N4O3S/c27-20(25-22-23-9-12-30-22)18-7-3-10-26(18)21(28)15-13-17(19-8-4-11-29-19)24-16-6-2-1-5-14(15)16/h1-2,4-6,8-9,11-13,18H,3,7,10H2,(H,23,25,27)/t18-/m0/s1. The molecule has 2 amide bonds. The van der Waals surface area contributed by atoms with Crippen molar-refractivity contribution in [2.24, 2.45) is 0 Å². The number of fused-ring (bicyclic) bond motifs is 1. The number of anilines is 1. The van der Waals surface area contributed by atoms with Crippen molar-refractivity contribution in [1.82, 2.24) is 14.9 Å². The predicted molar refractivity (Wildman–Crippen MR) is 114 cm³/mol. The number of carbonyl (C=O) groups is 2. The SMILES string of the molecule is O=C(Nc1nccs1)[C@@H]1CCCN1C(=O)c1cc(-c2ccco2)nc2ccccc12. The second kappa shape index (κ2) is 7.72. The molecule has 1 saturated heterocycles. The third kappa shape index (κ3) is 3.35. The van der Waals surface area contributed by atoms with Gasteiger partial charge in [0.1, 0.15) is 11.7 Å². The van der Waals surface area contributed by atoms with Crippen molar-refractivity contribution in [2.45, 2.75) is 18.9 Å². The first-order valence-electron chi connectivity index (χ1n) is 9.66. The molecule has 3 aromatic heterocycles. The van der Waals surface area contributed by atoms with Crippen LogP contribution in [0.2, 0.25) is 0 Å². The van der Waals surface area contributed by atoms with Crippen molar-refractivity contribution < 1.29 is 14.0 Å². The van der Waals surface area contributed by atoms with Gasteiger partial charge in [-0.15, -0.1) is 11.3 Å². The molecule has 1 fully saturated rings. The Kier molecular flexibility index (Phi) is 4.76. The zero-order valence-corrected chi connectivity index (χ0v) is 16.8. The molecule has 1 atom stereocenters. The molecule has 30 heavy (non-hydrogen) atoms. The molecular formula is C22H18N4O3S. The molecule has 0 spiro atoms. The number of hydrogen-bond donors (Lipinski definition) is 1. The molecule has 5 rings (SSSR count). The van der Waals surface area contributed by atoms with Crippen molar-refractivity contribution in [2.75, 3.05) is 11.9 Å². The number of thiazole rings is 1. The Morgan fingerprint density at radius 3 is 2.90 bits per heavy atom. The van der Waals surface area contributed by atoms with Gasteiger partial charge in [-0.05, 0) is 37.1 Å². The summed E-state index contributed by atoms with van der Waals surface area (Å²) in [7, 11) is 0. The van der Waals surface area contributed by atoms with E-state index in [4.69, 9.17) is 4.42 Å². The van der Waals surface area contributed by atoms with Gasteiger partial charge in [0.2, 0.25) is 5.91 Å². The monoisotopic (exact) mass is 418 g/mol. The highest BCUT2D eigenvalue weighted by molar-refractivity contribution is 7.13. The largest absolute Gasteiger partial charge is 0.463 e. The number of para-hydroxylation sites is 1. The summed E-state index contributed by atoms with van der Waals surface area (Å²) >= 11 is 1.35. The molecule has 8 heteroatoms. The van der Waals surface area contributed by atoms with Gasteiger partial charge in [0.25, 0.3) is 5.91 Å². The lowest BCUT2D eigenvalue weighted by molar-refractivity contribution is -0.119. The molecule has 150 valence electrons. The number of nitrogens with one attached hydrogen (secondary N) is 1. The second-order valence-corrected chi connectivity index (χ2v) is 7.93. The molecule has 0 bridgehead atoms. The highest BCUT2D eigenvalue weighted by Crippen LogP contribution is 2.29. The van der Waals surface area contributed by atoms with Crippen molar-refractivity contribution in [3.8, 4) is 11.5 Å². The van der Waals surface area contributed by atoms with E-state index in [0.717, 1.165) is 11.8 Å². The number of rotatable bonds is 4. The van der Waals surface area contributed by atoms with Crippen molar-refractivity contribution >= 4 is 39.2 Å². The highest BCUT2D eigenvalue weighted by atomic mass is 32.1. The maximum Gasteiger partial charge on any atom is 0.255 e. The Morgan fingerprint density at radius 2 is 2.10 bits per heavy atom. The summed E-state index contributed by atoms with van der Waals surface area (Å²) in [4.78, 5) is 36.8. The number of pyridine rings is 1. The van der Waals surface area contributed by atoms with Gasteiger partial charge in [-0.1, -0.05) is 18.2 Å². The van der Waals surface area contributed by atoms with E-state index in [2.05, 4.69) is 15.3 Å². The van der Waals surface area contributed by atoms with Crippen molar-refractivity contribution in [3.05, 3.63) is 65.9 Å². The minimum absolute atomic E-state index is 0.182. The van der Waals surface area contributed by atoms with E-state index in [1.165, 1.54) is 11.3 Å². The fraction of sp³-hybridized carbons (Fsp3) is 0.182. The minimum atomic E-state index is -0.527. The topological polar surface area (TPSA) is 88.3 Å². The van der Waals surface area contributed by atoms with Crippen LogP contribution in [-0.2, 0) is 4.79 Å². The van der Waals surface area contributed by atoms with E-state index in [1.807, 2.05) is 30.3 Å². The first kappa shape index (κ1) is 18.5. The number of hydrogen-bond acceptors (Lipinski definition) is 6. The van der Waals surface area contributed by atoms with Gasteiger partial charge in [-0.25, -0.2) is 9.97 Å². The van der Waals surface area contributed by atoms with Crippen LogP contribution in [-0.4, -0.2) is 39.3 Å². The molecule has 0 radical (unpaired) electrons. The summed E-state index contributed by atoms with van der Waals surface area (Å²) in [6, 6.07) is 12.3. The zero-order valence-electron chi connectivity index (χ0n) is 15.9. The Hall–Kier alpha value is -3.52. The van der Waals surface area contributed by atoms with Crippen LogP contribution >= 0.6 is 11.3 Å². The van der Waals surface area contributed by atoms with Crippen LogP contribution in [0.25, 0.3) is 22.4 Å². The number of benzene rings is 1. The van der Waals surface area contributed by atoms with Crippen LogP contribution in [0.3, 0.4) is 0 Å². The average molecular weight is 418 g/mol. The summed E-state index contributed by atoms with van der Waals surface area (Å²) in [5, 5.41) is 5.91. The molecule has 0 unspecified atom stereocenters. The lowest BCUT2D eigenvalue weighted by Gasteiger charge is -2.24. The van der Waals surface area contributed by atoms with Crippen LogP contribution in [0.1, 0.15) is 23.2 Å². The molecule has 0 aliphatic carbocycles. The molecule has 1 aromatic carbocycles. The van der Waals surface area contributed by atoms with Crippen LogP contribution in [0.4, 0.5) is 5.13 Å². The predicted octanol–water partition coefficient (Wildman–Crippen LogP) is 4.19. The van der Waals surface area contributed by atoms with Crippen LogP contribution < -0.4 is 5.32 Å². The zero-order chi connectivity index (χ0) is 20.5. The minimum Gasteiger partial charge on any atom is -0.463 e. The Labute approximate surface area is 176 Å². The van der Waals surface area contributed by atoms with Gasteiger partial charge in [-0.2, -0.15) is 0 Å². The Morgan fingerprint density at radius 1 is 1.20 bits per heavy atom. The maximum atomic E-state index is 13.6. The summed E-state index contributed by atoms with van der Waals surface area (Å²) in [6.45, 7) is 0.529. The van der Waals surface area contributed by atoms with Gasteiger partial charge < -0.3 is 14.6 Å². The summed E-state index contributed by atoms with van der Waals surface area (Å²) < 4.78 is 5.49. The number of carbonyl (C=O) groups excluding carboxylic acids is 2. The summed E-state index contributed by atoms with van der Waals surface area (Å²) in [5.41, 5.74) is 1.81. The Bertz CT molecular complexity index is 1200. The molecular weight excluding hydrogens is 400 g/mol. The fourth-order valence-electron chi connectivity index (χ4n) is 3.81. The van der Waals surface area contributed by atoms with Crippen molar-refractivity contribution in [3.63, 3.8) is 0 Å². The average Bonchev–Trinajstić information content (AvgIpc) is 3.55.